The van der Waals surface area contributed by atoms with Crippen LogP contribution in [0.3, 0.4) is 0 Å². The fraction of sp³-hybridized carbons (Fsp3) is 0.474. The number of H-pyrrole nitrogens is 1. The number of hydrogen-bond donors (Lipinski definition) is 2. The minimum atomic E-state index is 0.664. The van der Waals surface area contributed by atoms with E-state index in [4.69, 9.17) is 4.98 Å². The summed E-state index contributed by atoms with van der Waals surface area (Å²) in [6, 6.07) is 6.10. The summed E-state index contributed by atoms with van der Waals surface area (Å²) in [6.45, 7) is 2.06. The number of aromatic amines is 1. The smallest absolute Gasteiger partial charge is 0.245 e. The van der Waals surface area contributed by atoms with Gasteiger partial charge in [0, 0.05) is 51.1 Å². The van der Waals surface area contributed by atoms with Gasteiger partial charge in [-0.2, -0.15) is 10.1 Å². The zero-order valence-corrected chi connectivity index (χ0v) is 16.3. The second-order valence-corrected chi connectivity index (χ2v) is 7.47. The van der Waals surface area contributed by atoms with Crippen molar-refractivity contribution in [3.63, 3.8) is 0 Å². The van der Waals surface area contributed by atoms with Gasteiger partial charge in [-0.1, -0.05) is 0 Å². The molecule has 1 amide bonds. The van der Waals surface area contributed by atoms with Gasteiger partial charge in [0.1, 0.15) is 5.52 Å². The average molecular weight is 382 g/mol. The van der Waals surface area contributed by atoms with Crippen molar-refractivity contribution >= 4 is 29.5 Å². The van der Waals surface area contributed by atoms with E-state index in [-0.39, 0.29) is 0 Å². The van der Waals surface area contributed by atoms with E-state index in [1.807, 2.05) is 22.8 Å². The quantitative estimate of drug-likeness (QED) is 0.658. The van der Waals surface area contributed by atoms with Crippen molar-refractivity contribution < 1.29 is 4.79 Å². The van der Waals surface area contributed by atoms with Crippen LogP contribution in [0.25, 0.3) is 5.52 Å². The molecule has 28 heavy (non-hydrogen) atoms. The SMILES string of the molecule is CN(C)C=O.c1cc2c(Nc3cc(C4CC4)[nH]n3)nc(N3CCCC3)nn2c1. The standard InChI is InChI=1S/C16H19N7.C3H7NO/c1-2-8-22(7-1)16-18-15(13-4-3-9-23(13)21-16)17-14-10-12(19-20-14)11-5-6-11;1-4(2)3-5/h3-4,9-11H,1-2,5-8H2,(H2,17,18,19,20,21);3H,1-2H3. The molecule has 3 aromatic rings. The van der Waals surface area contributed by atoms with Crippen LogP contribution in [0.2, 0.25) is 0 Å². The van der Waals surface area contributed by atoms with Crippen LogP contribution in [0.15, 0.2) is 24.4 Å². The topological polar surface area (TPSA) is 94.4 Å². The molecule has 0 atom stereocenters. The lowest BCUT2D eigenvalue weighted by Crippen LogP contribution is -2.22. The molecule has 1 saturated heterocycles. The highest BCUT2D eigenvalue weighted by Gasteiger charge is 2.25. The van der Waals surface area contributed by atoms with E-state index in [9.17, 15) is 4.79 Å². The monoisotopic (exact) mass is 382 g/mol. The van der Waals surface area contributed by atoms with Gasteiger partial charge in [-0.05, 0) is 37.8 Å². The van der Waals surface area contributed by atoms with E-state index in [1.54, 1.807) is 14.1 Å². The first-order valence-electron chi connectivity index (χ1n) is 9.68. The lowest BCUT2D eigenvalue weighted by Gasteiger charge is -2.16. The highest BCUT2D eigenvalue weighted by Crippen LogP contribution is 2.39. The molecule has 0 bridgehead atoms. The highest BCUT2D eigenvalue weighted by molar-refractivity contribution is 5.73. The first kappa shape index (κ1) is 18.3. The number of carbonyl (C=O) groups excluding carboxylic acids is 1. The molecule has 0 aromatic carbocycles. The number of rotatable bonds is 5. The number of hydrogen-bond acceptors (Lipinski definition) is 6. The fourth-order valence-corrected chi connectivity index (χ4v) is 3.19. The predicted molar refractivity (Wildman–Crippen MR) is 108 cm³/mol. The molecular weight excluding hydrogens is 356 g/mol. The van der Waals surface area contributed by atoms with Gasteiger partial charge in [-0.15, -0.1) is 5.10 Å². The molecule has 0 unspecified atom stereocenters. The maximum absolute atomic E-state index is 9.43. The Morgan fingerprint density at radius 1 is 1.29 bits per heavy atom. The summed E-state index contributed by atoms with van der Waals surface area (Å²) in [5, 5.41) is 15.5. The molecule has 1 aliphatic carbocycles. The summed E-state index contributed by atoms with van der Waals surface area (Å²) in [5.74, 6) is 3.07. The Kier molecular flexibility index (Phi) is 5.14. The summed E-state index contributed by atoms with van der Waals surface area (Å²) in [6.07, 6.45) is 7.65. The number of carbonyl (C=O) groups is 1. The third-order valence-corrected chi connectivity index (χ3v) is 4.84. The van der Waals surface area contributed by atoms with Gasteiger partial charge in [0.25, 0.3) is 0 Å². The number of nitrogens with one attached hydrogen (secondary N) is 2. The summed E-state index contributed by atoms with van der Waals surface area (Å²) in [5.41, 5.74) is 2.18. The second kappa shape index (κ2) is 7.87. The third-order valence-electron chi connectivity index (χ3n) is 4.84. The predicted octanol–water partition coefficient (Wildman–Crippen LogP) is 2.38. The third kappa shape index (κ3) is 4.08. The molecule has 2 aliphatic rings. The van der Waals surface area contributed by atoms with Gasteiger partial charge in [-0.25, -0.2) is 4.52 Å². The molecule has 4 heterocycles. The number of nitrogens with zero attached hydrogens (tertiary/aromatic N) is 6. The lowest BCUT2D eigenvalue weighted by molar-refractivity contribution is -0.115. The number of amides is 1. The van der Waals surface area contributed by atoms with Crippen LogP contribution in [0.5, 0.6) is 0 Å². The van der Waals surface area contributed by atoms with E-state index < -0.39 is 0 Å². The fourth-order valence-electron chi connectivity index (χ4n) is 3.19. The molecule has 3 aromatic heterocycles. The Bertz CT molecular complexity index is 936. The molecule has 0 spiro atoms. The van der Waals surface area contributed by atoms with Crippen molar-refractivity contribution in [2.24, 2.45) is 0 Å². The Balaban J connectivity index is 0.000000346. The lowest BCUT2D eigenvalue weighted by atomic mass is 10.3. The molecule has 9 nitrogen and oxygen atoms in total. The van der Waals surface area contributed by atoms with Crippen molar-refractivity contribution in [1.82, 2.24) is 29.7 Å². The first-order chi connectivity index (χ1) is 13.6. The molecule has 5 rings (SSSR count). The molecule has 0 radical (unpaired) electrons. The minimum Gasteiger partial charge on any atom is -0.351 e. The van der Waals surface area contributed by atoms with Gasteiger partial charge >= 0.3 is 0 Å². The first-order valence-corrected chi connectivity index (χ1v) is 9.68. The van der Waals surface area contributed by atoms with Crippen LogP contribution in [-0.2, 0) is 4.79 Å². The molecular formula is C19H26N8O. The largest absolute Gasteiger partial charge is 0.351 e. The maximum Gasteiger partial charge on any atom is 0.245 e. The van der Waals surface area contributed by atoms with Gasteiger partial charge < -0.3 is 15.1 Å². The molecule has 9 heteroatoms. The Morgan fingerprint density at radius 3 is 2.71 bits per heavy atom. The minimum absolute atomic E-state index is 0.664. The van der Waals surface area contributed by atoms with E-state index in [1.165, 1.54) is 36.3 Å². The van der Waals surface area contributed by atoms with Crippen LogP contribution < -0.4 is 10.2 Å². The zero-order chi connectivity index (χ0) is 19.5. The molecule has 1 aliphatic heterocycles. The van der Waals surface area contributed by atoms with Crippen LogP contribution in [-0.4, -0.2) is 63.3 Å². The van der Waals surface area contributed by atoms with Crippen LogP contribution in [0.1, 0.15) is 37.3 Å². The van der Waals surface area contributed by atoms with Gasteiger partial charge in [-0.3, -0.25) is 9.89 Å². The molecule has 1 saturated carbocycles. The van der Waals surface area contributed by atoms with Crippen molar-refractivity contribution in [3.8, 4) is 0 Å². The van der Waals surface area contributed by atoms with Crippen molar-refractivity contribution in [2.75, 3.05) is 37.4 Å². The Labute approximate surface area is 163 Å². The Hall–Kier alpha value is -3.10. The Morgan fingerprint density at radius 2 is 2.04 bits per heavy atom. The van der Waals surface area contributed by atoms with Gasteiger partial charge in [0.2, 0.25) is 12.4 Å². The van der Waals surface area contributed by atoms with Crippen molar-refractivity contribution in [1.29, 1.82) is 0 Å². The normalized spacial score (nSPS) is 16.0. The van der Waals surface area contributed by atoms with Crippen molar-refractivity contribution in [2.45, 2.75) is 31.6 Å². The molecule has 148 valence electrons. The van der Waals surface area contributed by atoms with Gasteiger partial charge in [0.05, 0.1) is 0 Å². The summed E-state index contributed by atoms with van der Waals surface area (Å²) < 4.78 is 1.89. The van der Waals surface area contributed by atoms with E-state index in [0.717, 1.165) is 42.6 Å². The van der Waals surface area contributed by atoms with Crippen LogP contribution >= 0.6 is 0 Å². The van der Waals surface area contributed by atoms with Crippen LogP contribution in [0, 0.1) is 0 Å². The van der Waals surface area contributed by atoms with Crippen molar-refractivity contribution in [3.05, 3.63) is 30.1 Å². The van der Waals surface area contributed by atoms with Gasteiger partial charge in [0.15, 0.2) is 11.6 Å². The maximum atomic E-state index is 9.43. The molecule has 2 N–H and O–H groups in total. The van der Waals surface area contributed by atoms with E-state index in [0.29, 0.717) is 5.92 Å². The number of anilines is 3. The zero-order valence-electron chi connectivity index (χ0n) is 16.3. The summed E-state index contributed by atoms with van der Waals surface area (Å²) >= 11 is 0. The summed E-state index contributed by atoms with van der Waals surface area (Å²) in [7, 11) is 3.38. The van der Waals surface area contributed by atoms with E-state index in [2.05, 4.69) is 31.6 Å². The molecule has 2 fully saturated rings. The van der Waals surface area contributed by atoms with E-state index >= 15 is 0 Å². The summed E-state index contributed by atoms with van der Waals surface area (Å²) in [4.78, 5) is 17.9. The van der Waals surface area contributed by atoms with Crippen LogP contribution in [0.4, 0.5) is 17.6 Å². The number of aromatic nitrogens is 5. The average Bonchev–Trinajstić information content (AvgIpc) is 3.11. The number of fused-ring (bicyclic) bond motifs is 1. The second-order valence-electron chi connectivity index (χ2n) is 7.47. The highest BCUT2D eigenvalue weighted by atomic mass is 16.1.